The average molecular weight is 293 g/mol. The number of carboxylic acid groups (broad SMARTS) is 1. The van der Waals surface area contributed by atoms with E-state index in [1.807, 2.05) is 0 Å². The van der Waals surface area contributed by atoms with Crippen molar-refractivity contribution in [2.75, 3.05) is 6.54 Å². The average Bonchev–Trinajstić information content (AvgIpc) is 2.44. The maximum absolute atomic E-state index is 11.6. The number of hydrazine groups is 1. The van der Waals surface area contributed by atoms with Crippen molar-refractivity contribution in [1.29, 1.82) is 0 Å². The molecule has 0 aliphatic heterocycles. The van der Waals surface area contributed by atoms with Crippen molar-refractivity contribution in [3.05, 3.63) is 28.2 Å². The van der Waals surface area contributed by atoms with Crippen LogP contribution in [0.1, 0.15) is 25.6 Å². The minimum atomic E-state index is -1.40. The Bertz CT molecular complexity index is 632. The molecule has 0 aliphatic carbocycles. The normalized spacial score (nSPS) is 15.0. The van der Waals surface area contributed by atoms with Crippen molar-refractivity contribution in [2.24, 2.45) is 0 Å². The molecule has 1 heterocycles. The summed E-state index contributed by atoms with van der Waals surface area (Å²) in [5.41, 5.74) is 3.72. The van der Waals surface area contributed by atoms with Crippen LogP contribution in [-0.2, 0) is 4.79 Å². The number of hydrogen-bond acceptors (Lipinski definition) is 5. The molecule has 0 aromatic carbocycles. The van der Waals surface area contributed by atoms with Gasteiger partial charge < -0.3 is 14.8 Å². The van der Waals surface area contributed by atoms with Gasteiger partial charge in [0, 0.05) is 12.3 Å². The third-order valence-electron chi connectivity index (χ3n) is 3.59. The highest BCUT2D eigenvalue weighted by atomic mass is 16.4. The molecule has 1 aromatic heterocycles. The summed E-state index contributed by atoms with van der Waals surface area (Å²) in [6.45, 7) is 4.85. The highest BCUT2D eigenvalue weighted by Crippen LogP contribution is 2.25. The van der Waals surface area contributed by atoms with Gasteiger partial charge in [-0.25, -0.2) is 10.9 Å². The van der Waals surface area contributed by atoms with E-state index in [0.29, 0.717) is 5.69 Å². The standard InChI is InChI=1S/C14H19N3O4/c1-5-7-15-16-14(4,13(20)21)10(3)17-8-6-11(18)12(19)9(17)2/h1,6,8,10,15-16,19H,7H2,2-4H3,(H,20,21). The molecule has 0 spiro atoms. The van der Waals surface area contributed by atoms with E-state index < -0.39 is 28.7 Å². The molecule has 7 nitrogen and oxygen atoms in total. The van der Waals surface area contributed by atoms with Crippen molar-refractivity contribution in [3.8, 4) is 18.1 Å². The zero-order valence-electron chi connectivity index (χ0n) is 12.2. The fourth-order valence-electron chi connectivity index (χ4n) is 1.95. The highest BCUT2D eigenvalue weighted by molar-refractivity contribution is 5.79. The van der Waals surface area contributed by atoms with Crippen LogP contribution in [0.2, 0.25) is 0 Å². The first-order valence-corrected chi connectivity index (χ1v) is 6.33. The number of carbonyl (C=O) groups is 1. The van der Waals surface area contributed by atoms with Crippen LogP contribution >= 0.6 is 0 Å². The zero-order valence-corrected chi connectivity index (χ0v) is 12.2. The summed E-state index contributed by atoms with van der Waals surface area (Å²) in [5, 5.41) is 19.2. The molecule has 1 aromatic rings. The predicted octanol–water partition coefficient (Wildman–Crippen LogP) is -0.00598. The first kappa shape index (κ1) is 16.8. The van der Waals surface area contributed by atoms with Gasteiger partial charge in [-0.1, -0.05) is 5.92 Å². The van der Waals surface area contributed by atoms with Gasteiger partial charge >= 0.3 is 5.97 Å². The van der Waals surface area contributed by atoms with E-state index in [9.17, 15) is 19.8 Å². The topological polar surface area (TPSA) is 104 Å². The Morgan fingerprint density at radius 2 is 2.24 bits per heavy atom. The van der Waals surface area contributed by atoms with Crippen molar-refractivity contribution in [1.82, 2.24) is 15.4 Å². The third-order valence-corrected chi connectivity index (χ3v) is 3.59. The lowest BCUT2D eigenvalue weighted by atomic mass is 9.93. The van der Waals surface area contributed by atoms with Crippen molar-refractivity contribution in [2.45, 2.75) is 32.4 Å². The minimum absolute atomic E-state index is 0.157. The van der Waals surface area contributed by atoms with Crippen molar-refractivity contribution >= 4 is 5.97 Å². The molecule has 7 heteroatoms. The lowest BCUT2D eigenvalue weighted by Gasteiger charge is -2.35. The molecule has 2 unspecified atom stereocenters. The maximum atomic E-state index is 11.6. The van der Waals surface area contributed by atoms with Gasteiger partial charge in [0.05, 0.1) is 18.3 Å². The van der Waals surface area contributed by atoms with Gasteiger partial charge in [-0.2, -0.15) is 0 Å². The van der Waals surface area contributed by atoms with Crippen LogP contribution in [0.25, 0.3) is 0 Å². The van der Waals surface area contributed by atoms with Crippen molar-refractivity contribution in [3.63, 3.8) is 0 Å². The smallest absolute Gasteiger partial charge is 0.327 e. The van der Waals surface area contributed by atoms with Gasteiger partial charge in [0.2, 0.25) is 5.43 Å². The molecule has 21 heavy (non-hydrogen) atoms. The molecule has 2 atom stereocenters. The molecule has 0 bridgehead atoms. The van der Waals surface area contributed by atoms with E-state index in [2.05, 4.69) is 16.8 Å². The Balaban J connectivity index is 3.21. The molecular formula is C14H19N3O4. The monoisotopic (exact) mass is 293 g/mol. The van der Waals surface area contributed by atoms with E-state index in [1.54, 1.807) is 13.8 Å². The number of pyridine rings is 1. The molecule has 1 rings (SSSR count). The number of aromatic hydroxyl groups is 1. The molecule has 0 aliphatic rings. The number of aliphatic carboxylic acids is 1. The zero-order chi connectivity index (χ0) is 16.2. The summed E-state index contributed by atoms with van der Waals surface area (Å²) in [5.74, 6) is 0.837. The number of nitrogens with one attached hydrogen (secondary N) is 2. The summed E-state index contributed by atoms with van der Waals surface area (Å²) >= 11 is 0. The molecule has 4 N–H and O–H groups in total. The van der Waals surface area contributed by atoms with Gasteiger partial charge in [0.15, 0.2) is 5.75 Å². The first-order valence-electron chi connectivity index (χ1n) is 6.33. The van der Waals surface area contributed by atoms with Crippen LogP contribution in [0.3, 0.4) is 0 Å². The molecule has 0 amide bonds. The maximum Gasteiger partial charge on any atom is 0.327 e. The molecule has 0 saturated heterocycles. The first-order chi connectivity index (χ1) is 9.75. The summed E-state index contributed by atoms with van der Waals surface area (Å²) in [7, 11) is 0. The number of terminal acetylenes is 1. The van der Waals surface area contributed by atoms with Gasteiger partial charge in [-0.05, 0) is 20.8 Å². The van der Waals surface area contributed by atoms with Crippen LogP contribution in [-0.4, -0.2) is 32.8 Å². The van der Waals surface area contributed by atoms with Gasteiger partial charge in [-0.3, -0.25) is 9.59 Å². The van der Waals surface area contributed by atoms with Gasteiger partial charge in [0.1, 0.15) is 5.54 Å². The molecular weight excluding hydrogens is 274 g/mol. The number of hydrogen-bond donors (Lipinski definition) is 4. The van der Waals surface area contributed by atoms with Crippen LogP contribution in [0, 0.1) is 19.3 Å². The van der Waals surface area contributed by atoms with E-state index in [-0.39, 0.29) is 6.54 Å². The van der Waals surface area contributed by atoms with Crippen molar-refractivity contribution < 1.29 is 15.0 Å². The highest BCUT2D eigenvalue weighted by Gasteiger charge is 2.40. The summed E-state index contributed by atoms with van der Waals surface area (Å²) in [6, 6.07) is 0.586. The summed E-state index contributed by atoms with van der Waals surface area (Å²) < 4.78 is 1.52. The largest absolute Gasteiger partial charge is 0.503 e. The minimum Gasteiger partial charge on any atom is -0.503 e. The van der Waals surface area contributed by atoms with E-state index in [0.717, 1.165) is 0 Å². The quantitative estimate of drug-likeness (QED) is 0.334. The Hall–Kier alpha value is -2.30. The van der Waals surface area contributed by atoms with Gasteiger partial charge in [-0.15, -0.1) is 6.42 Å². The lowest BCUT2D eigenvalue weighted by Crippen LogP contribution is -2.59. The van der Waals surface area contributed by atoms with Crippen LogP contribution < -0.4 is 16.3 Å². The summed E-state index contributed by atoms with van der Waals surface area (Å²) in [4.78, 5) is 23.0. The SMILES string of the molecule is C#CCNNC(C)(C(=O)O)C(C)n1ccc(=O)c(O)c1C. The second kappa shape index (κ2) is 6.43. The van der Waals surface area contributed by atoms with Gasteiger partial charge in [0.25, 0.3) is 0 Å². The van der Waals surface area contributed by atoms with E-state index in [1.165, 1.54) is 23.8 Å². The number of nitrogens with zero attached hydrogens (tertiary/aromatic N) is 1. The Labute approximate surface area is 122 Å². The predicted molar refractivity (Wildman–Crippen MR) is 77.8 cm³/mol. The Morgan fingerprint density at radius 3 is 2.76 bits per heavy atom. The fourth-order valence-corrected chi connectivity index (χ4v) is 1.95. The van der Waals surface area contributed by atoms with E-state index in [4.69, 9.17) is 6.42 Å². The summed E-state index contributed by atoms with van der Waals surface area (Å²) in [6.07, 6.45) is 6.56. The number of rotatable bonds is 6. The molecule has 0 saturated carbocycles. The Morgan fingerprint density at radius 1 is 1.62 bits per heavy atom. The number of carboxylic acids is 1. The number of aromatic nitrogens is 1. The van der Waals surface area contributed by atoms with Crippen LogP contribution in [0.5, 0.6) is 5.75 Å². The fraction of sp³-hybridized carbons (Fsp3) is 0.429. The van der Waals surface area contributed by atoms with E-state index >= 15 is 0 Å². The van der Waals surface area contributed by atoms with Crippen LogP contribution in [0.15, 0.2) is 17.1 Å². The second-order valence-electron chi connectivity index (χ2n) is 4.89. The molecule has 0 radical (unpaired) electrons. The second-order valence-corrected chi connectivity index (χ2v) is 4.89. The molecule has 114 valence electrons. The third kappa shape index (κ3) is 3.24. The Kier molecular flexibility index (Phi) is 5.13. The van der Waals surface area contributed by atoms with Crippen LogP contribution in [0.4, 0.5) is 0 Å². The lowest BCUT2D eigenvalue weighted by molar-refractivity contribution is -0.146. The molecule has 0 fully saturated rings.